The number of hydrogen-bond acceptors (Lipinski definition) is 2. The lowest BCUT2D eigenvalue weighted by atomic mass is 9.95. The molecular formula is C11H15BrFNO. The topological polar surface area (TPSA) is 35.2 Å². The Bertz CT molecular complexity index is 360. The van der Waals surface area contributed by atoms with Gasteiger partial charge in [0.25, 0.3) is 0 Å². The van der Waals surface area contributed by atoms with E-state index in [0.29, 0.717) is 16.6 Å². The van der Waals surface area contributed by atoms with Crippen LogP contribution in [0, 0.1) is 5.82 Å². The zero-order valence-electron chi connectivity index (χ0n) is 9.10. The van der Waals surface area contributed by atoms with Crippen LogP contribution in [0.15, 0.2) is 16.6 Å². The fourth-order valence-electron chi connectivity index (χ4n) is 1.46. The number of benzene rings is 1. The molecule has 0 saturated heterocycles. The van der Waals surface area contributed by atoms with Crippen molar-refractivity contribution in [2.75, 3.05) is 7.11 Å². The molecule has 2 nitrogen and oxygen atoms in total. The quantitative estimate of drug-likeness (QED) is 0.921. The summed E-state index contributed by atoms with van der Waals surface area (Å²) in [5, 5.41) is 0. The van der Waals surface area contributed by atoms with Crippen LogP contribution in [0.5, 0.6) is 5.75 Å². The van der Waals surface area contributed by atoms with Crippen molar-refractivity contribution in [1.29, 1.82) is 0 Å². The molecule has 1 rings (SSSR count). The van der Waals surface area contributed by atoms with Gasteiger partial charge in [0.1, 0.15) is 11.6 Å². The number of ether oxygens (including phenoxy) is 1. The fraction of sp³-hybridized carbons (Fsp3) is 0.455. The van der Waals surface area contributed by atoms with Crippen LogP contribution in [0.2, 0.25) is 0 Å². The molecule has 0 fully saturated rings. The molecule has 2 N–H and O–H groups in total. The smallest absolute Gasteiger partial charge is 0.136 e. The van der Waals surface area contributed by atoms with Crippen LogP contribution < -0.4 is 10.5 Å². The third-order valence-corrected chi connectivity index (χ3v) is 2.52. The molecule has 0 aliphatic carbocycles. The van der Waals surface area contributed by atoms with E-state index in [4.69, 9.17) is 10.5 Å². The Hall–Kier alpha value is -0.610. The SMILES string of the molecule is COc1c(Br)cc(F)cc1CC(C)(C)N. The highest BCUT2D eigenvalue weighted by Crippen LogP contribution is 2.31. The largest absolute Gasteiger partial charge is 0.495 e. The van der Waals surface area contributed by atoms with Crippen molar-refractivity contribution in [3.8, 4) is 5.75 Å². The van der Waals surface area contributed by atoms with E-state index in [0.717, 1.165) is 5.56 Å². The summed E-state index contributed by atoms with van der Waals surface area (Å²) >= 11 is 3.26. The number of halogens is 2. The fourth-order valence-corrected chi connectivity index (χ4v) is 2.10. The molecule has 15 heavy (non-hydrogen) atoms. The summed E-state index contributed by atoms with van der Waals surface area (Å²) in [5.41, 5.74) is 6.28. The molecule has 0 bridgehead atoms. The van der Waals surface area contributed by atoms with Gasteiger partial charge in [-0.15, -0.1) is 0 Å². The van der Waals surface area contributed by atoms with Crippen molar-refractivity contribution >= 4 is 15.9 Å². The number of rotatable bonds is 3. The highest BCUT2D eigenvalue weighted by atomic mass is 79.9. The summed E-state index contributed by atoms with van der Waals surface area (Å²) < 4.78 is 19.0. The van der Waals surface area contributed by atoms with Crippen molar-refractivity contribution in [1.82, 2.24) is 0 Å². The second-order valence-corrected chi connectivity index (χ2v) is 5.10. The van der Waals surface area contributed by atoms with E-state index in [1.165, 1.54) is 12.1 Å². The van der Waals surface area contributed by atoms with Crippen molar-refractivity contribution in [3.05, 3.63) is 28.0 Å². The third kappa shape index (κ3) is 3.47. The van der Waals surface area contributed by atoms with Crippen molar-refractivity contribution in [2.45, 2.75) is 25.8 Å². The summed E-state index contributed by atoms with van der Waals surface area (Å²) in [5.74, 6) is 0.358. The van der Waals surface area contributed by atoms with Gasteiger partial charge in [-0.25, -0.2) is 4.39 Å². The molecule has 0 aromatic heterocycles. The van der Waals surface area contributed by atoms with Crippen LogP contribution >= 0.6 is 15.9 Å². The third-order valence-electron chi connectivity index (χ3n) is 1.94. The minimum atomic E-state index is -0.388. The lowest BCUT2D eigenvalue weighted by molar-refractivity contribution is 0.398. The van der Waals surface area contributed by atoms with E-state index in [2.05, 4.69) is 15.9 Å². The van der Waals surface area contributed by atoms with Gasteiger partial charge in [0, 0.05) is 5.54 Å². The maximum absolute atomic E-state index is 13.2. The minimum Gasteiger partial charge on any atom is -0.495 e. The Balaban J connectivity index is 3.15. The first-order valence-corrected chi connectivity index (χ1v) is 5.43. The van der Waals surface area contributed by atoms with E-state index < -0.39 is 0 Å². The van der Waals surface area contributed by atoms with E-state index in [9.17, 15) is 4.39 Å². The Labute approximate surface area is 97.7 Å². The van der Waals surface area contributed by atoms with Crippen LogP contribution in [0.1, 0.15) is 19.4 Å². The number of hydrogen-bond donors (Lipinski definition) is 1. The second kappa shape index (κ2) is 4.49. The average Bonchev–Trinajstić information content (AvgIpc) is 1.99. The monoisotopic (exact) mass is 275 g/mol. The van der Waals surface area contributed by atoms with Crippen molar-refractivity contribution in [3.63, 3.8) is 0 Å². The molecule has 0 aliphatic rings. The minimum absolute atomic E-state index is 0.290. The summed E-state index contributed by atoms with van der Waals surface area (Å²) in [4.78, 5) is 0. The Kier molecular flexibility index (Phi) is 3.73. The van der Waals surface area contributed by atoms with Crippen LogP contribution in [0.25, 0.3) is 0 Å². The van der Waals surface area contributed by atoms with Gasteiger partial charge in [-0.1, -0.05) is 0 Å². The van der Waals surface area contributed by atoms with Gasteiger partial charge in [0.15, 0.2) is 0 Å². The van der Waals surface area contributed by atoms with Gasteiger partial charge in [0.05, 0.1) is 11.6 Å². The first-order chi connectivity index (χ1) is 6.83. The predicted molar refractivity (Wildman–Crippen MR) is 62.6 cm³/mol. The zero-order chi connectivity index (χ0) is 11.6. The molecule has 1 aromatic carbocycles. The molecule has 4 heteroatoms. The lowest BCUT2D eigenvalue weighted by Crippen LogP contribution is -2.34. The van der Waals surface area contributed by atoms with Crippen LogP contribution in [-0.2, 0) is 6.42 Å². The predicted octanol–water partition coefficient (Wildman–Crippen LogP) is 2.88. The zero-order valence-corrected chi connectivity index (χ0v) is 10.7. The standard InChI is InChI=1S/C11H15BrFNO/c1-11(2,14)6-7-4-8(13)5-9(12)10(7)15-3/h4-5H,6,14H2,1-3H3. The summed E-state index contributed by atoms with van der Waals surface area (Å²) in [6.07, 6.45) is 0.562. The number of nitrogens with two attached hydrogens (primary N) is 1. The van der Waals surface area contributed by atoms with E-state index in [1.54, 1.807) is 7.11 Å². The molecular weight excluding hydrogens is 261 g/mol. The van der Waals surface area contributed by atoms with Gasteiger partial charge >= 0.3 is 0 Å². The molecule has 0 heterocycles. The number of methoxy groups -OCH3 is 1. The van der Waals surface area contributed by atoms with Crippen molar-refractivity contribution < 1.29 is 9.13 Å². The first kappa shape index (κ1) is 12.5. The average molecular weight is 276 g/mol. The van der Waals surface area contributed by atoms with E-state index >= 15 is 0 Å². The molecule has 0 unspecified atom stereocenters. The molecule has 0 amide bonds. The van der Waals surface area contributed by atoms with Gasteiger partial charge in [-0.05, 0) is 53.9 Å². The summed E-state index contributed by atoms with van der Waals surface area (Å²) in [6.45, 7) is 3.79. The highest BCUT2D eigenvalue weighted by molar-refractivity contribution is 9.10. The second-order valence-electron chi connectivity index (χ2n) is 4.25. The van der Waals surface area contributed by atoms with Gasteiger partial charge in [-0.3, -0.25) is 0 Å². The summed E-state index contributed by atoms with van der Waals surface area (Å²) in [6, 6.07) is 2.84. The first-order valence-electron chi connectivity index (χ1n) is 4.64. The highest BCUT2D eigenvalue weighted by Gasteiger charge is 2.17. The molecule has 0 aliphatic heterocycles. The molecule has 0 atom stereocenters. The molecule has 0 radical (unpaired) electrons. The van der Waals surface area contributed by atoms with Gasteiger partial charge in [0.2, 0.25) is 0 Å². The Morgan fingerprint density at radius 2 is 2.07 bits per heavy atom. The van der Waals surface area contributed by atoms with Crippen LogP contribution in [-0.4, -0.2) is 12.6 Å². The van der Waals surface area contributed by atoms with Gasteiger partial charge in [-0.2, -0.15) is 0 Å². The molecule has 0 saturated carbocycles. The Morgan fingerprint density at radius 1 is 1.47 bits per heavy atom. The maximum Gasteiger partial charge on any atom is 0.136 e. The van der Waals surface area contributed by atoms with Gasteiger partial charge < -0.3 is 10.5 Å². The van der Waals surface area contributed by atoms with Crippen LogP contribution in [0.4, 0.5) is 4.39 Å². The molecule has 1 aromatic rings. The lowest BCUT2D eigenvalue weighted by Gasteiger charge is -2.20. The molecule has 84 valence electrons. The van der Waals surface area contributed by atoms with Crippen LogP contribution in [0.3, 0.4) is 0 Å². The van der Waals surface area contributed by atoms with Crippen molar-refractivity contribution in [2.24, 2.45) is 5.73 Å². The van der Waals surface area contributed by atoms with E-state index in [-0.39, 0.29) is 11.4 Å². The normalized spacial score (nSPS) is 11.6. The summed E-state index contributed by atoms with van der Waals surface area (Å²) in [7, 11) is 1.56. The Morgan fingerprint density at radius 3 is 2.53 bits per heavy atom. The molecule has 0 spiro atoms. The van der Waals surface area contributed by atoms with E-state index in [1.807, 2.05) is 13.8 Å². The maximum atomic E-state index is 13.2.